The molecule has 0 spiro atoms. The van der Waals surface area contributed by atoms with Crippen molar-refractivity contribution in [3.8, 4) is 0 Å². The summed E-state index contributed by atoms with van der Waals surface area (Å²) in [5.74, 6) is -0.700. The maximum Gasteiger partial charge on any atom is 0.334 e. The summed E-state index contributed by atoms with van der Waals surface area (Å²) < 4.78 is 4.74. The molecule has 8 heteroatoms. The van der Waals surface area contributed by atoms with Crippen molar-refractivity contribution in [1.82, 2.24) is 4.98 Å². The van der Waals surface area contributed by atoms with Crippen molar-refractivity contribution in [3.63, 3.8) is 0 Å². The van der Waals surface area contributed by atoms with Crippen LogP contribution >= 0.6 is 0 Å². The first-order valence-electron chi connectivity index (χ1n) is 5.06. The Labute approximate surface area is 103 Å². The number of aryl methyl sites for hydroxylation is 1. The van der Waals surface area contributed by atoms with Crippen LogP contribution in [0.1, 0.15) is 5.56 Å². The maximum atomic E-state index is 10.7. The number of ether oxygens (including phenoxy) is 1. The van der Waals surface area contributed by atoms with Crippen molar-refractivity contribution >= 4 is 17.5 Å². The molecule has 1 unspecified atom stereocenters. The monoisotopic (exact) mass is 255 g/mol. The Morgan fingerprint density at radius 3 is 2.83 bits per heavy atom. The molecule has 1 rings (SSSR count). The van der Waals surface area contributed by atoms with Crippen LogP contribution in [-0.2, 0) is 9.53 Å². The number of carbonyl (C=O) groups is 1. The third kappa shape index (κ3) is 3.39. The van der Waals surface area contributed by atoms with E-state index in [0.717, 1.165) is 6.20 Å². The third-order valence-corrected chi connectivity index (χ3v) is 2.29. The summed E-state index contributed by atoms with van der Waals surface area (Å²) >= 11 is 0. The molecular formula is C10H13N3O5. The lowest BCUT2D eigenvalue weighted by Crippen LogP contribution is -2.30. The van der Waals surface area contributed by atoms with Crippen LogP contribution in [0.25, 0.3) is 0 Å². The molecule has 0 bridgehead atoms. The minimum absolute atomic E-state index is 0.0253. The minimum atomic E-state index is -1.09. The number of aliphatic carboxylic acids is 1. The number of carboxylic acids is 1. The molecule has 1 aromatic heterocycles. The lowest BCUT2D eigenvalue weighted by Gasteiger charge is -2.13. The number of rotatable bonds is 6. The van der Waals surface area contributed by atoms with Crippen molar-refractivity contribution in [3.05, 3.63) is 27.9 Å². The fourth-order valence-electron chi connectivity index (χ4n) is 1.31. The van der Waals surface area contributed by atoms with Gasteiger partial charge in [0.1, 0.15) is 12.0 Å². The number of hydrogen-bond acceptors (Lipinski definition) is 6. The van der Waals surface area contributed by atoms with Crippen LogP contribution in [0.15, 0.2) is 12.3 Å². The number of pyridine rings is 1. The largest absolute Gasteiger partial charge is 0.479 e. The topological polar surface area (TPSA) is 115 Å². The minimum Gasteiger partial charge on any atom is -0.479 e. The van der Waals surface area contributed by atoms with Gasteiger partial charge in [-0.25, -0.2) is 9.78 Å². The molecule has 0 saturated carbocycles. The Morgan fingerprint density at radius 2 is 2.39 bits per heavy atom. The highest BCUT2D eigenvalue weighted by Crippen LogP contribution is 2.17. The van der Waals surface area contributed by atoms with Crippen molar-refractivity contribution in [2.24, 2.45) is 0 Å². The van der Waals surface area contributed by atoms with Crippen molar-refractivity contribution < 1.29 is 19.6 Å². The Morgan fingerprint density at radius 1 is 1.72 bits per heavy atom. The molecular weight excluding hydrogens is 242 g/mol. The molecule has 8 nitrogen and oxygen atoms in total. The molecule has 0 aliphatic heterocycles. The molecule has 0 fully saturated rings. The van der Waals surface area contributed by atoms with E-state index in [9.17, 15) is 14.9 Å². The van der Waals surface area contributed by atoms with Crippen LogP contribution in [0, 0.1) is 17.0 Å². The molecule has 0 aromatic carbocycles. The van der Waals surface area contributed by atoms with Gasteiger partial charge in [0.05, 0.1) is 11.5 Å². The van der Waals surface area contributed by atoms with Gasteiger partial charge >= 0.3 is 5.97 Å². The molecule has 0 saturated heterocycles. The van der Waals surface area contributed by atoms with Gasteiger partial charge in [-0.3, -0.25) is 10.1 Å². The number of methoxy groups -OCH3 is 1. The van der Waals surface area contributed by atoms with Gasteiger partial charge in [0.2, 0.25) is 0 Å². The number of carboxylic acid groups (broad SMARTS) is 1. The van der Waals surface area contributed by atoms with E-state index in [2.05, 4.69) is 10.3 Å². The Balaban J connectivity index is 2.74. The number of anilines is 1. The van der Waals surface area contributed by atoms with Crippen LogP contribution in [0.5, 0.6) is 0 Å². The summed E-state index contributed by atoms with van der Waals surface area (Å²) in [7, 11) is 1.29. The second kappa shape index (κ2) is 5.92. The highest BCUT2D eigenvalue weighted by molar-refractivity contribution is 5.73. The van der Waals surface area contributed by atoms with E-state index in [1.54, 1.807) is 6.92 Å². The molecule has 18 heavy (non-hydrogen) atoms. The standard InChI is InChI=1S/C10H13N3O5/c1-6-3-7(13(16)17)4-11-9(6)12-5-8(18-2)10(14)15/h3-4,8H,5H2,1-2H3,(H,11,12)(H,14,15). The molecule has 1 atom stereocenters. The molecule has 1 heterocycles. The van der Waals surface area contributed by atoms with Gasteiger partial charge in [-0.05, 0) is 12.5 Å². The highest BCUT2D eigenvalue weighted by atomic mass is 16.6. The zero-order valence-corrected chi connectivity index (χ0v) is 9.91. The first-order valence-corrected chi connectivity index (χ1v) is 5.06. The van der Waals surface area contributed by atoms with Crippen LogP contribution < -0.4 is 5.32 Å². The Hall–Kier alpha value is -2.22. The number of nitrogens with one attached hydrogen (secondary N) is 1. The normalized spacial score (nSPS) is 11.9. The van der Waals surface area contributed by atoms with Crippen LogP contribution in [-0.4, -0.2) is 40.7 Å². The van der Waals surface area contributed by atoms with Crippen LogP contribution in [0.2, 0.25) is 0 Å². The average molecular weight is 255 g/mol. The van der Waals surface area contributed by atoms with Gasteiger partial charge in [0, 0.05) is 13.2 Å². The van der Waals surface area contributed by atoms with E-state index in [1.165, 1.54) is 13.2 Å². The second-order valence-electron chi connectivity index (χ2n) is 3.56. The summed E-state index contributed by atoms with van der Waals surface area (Å²) in [5.41, 5.74) is 0.448. The van der Waals surface area contributed by atoms with Gasteiger partial charge in [-0.15, -0.1) is 0 Å². The van der Waals surface area contributed by atoms with Crippen molar-refractivity contribution in [2.45, 2.75) is 13.0 Å². The number of aromatic nitrogens is 1. The molecule has 98 valence electrons. The lowest BCUT2D eigenvalue weighted by molar-refractivity contribution is -0.385. The summed E-state index contributed by atoms with van der Waals surface area (Å²) in [6.45, 7) is 1.67. The SMILES string of the molecule is COC(CNc1ncc([N+](=O)[O-])cc1C)C(=O)O. The second-order valence-corrected chi connectivity index (χ2v) is 3.56. The number of nitrogens with zero attached hydrogens (tertiary/aromatic N) is 2. The maximum absolute atomic E-state index is 10.7. The molecule has 2 N–H and O–H groups in total. The van der Waals surface area contributed by atoms with Gasteiger partial charge in [0.15, 0.2) is 6.10 Å². The molecule has 0 radical (unpaired) electrons. The van der Waals surface area contributed by atoms with E-state index in [-0.39, 0.29) is 12.2 Å². The van der Waals surface area contributed by atoms with E-state index in [1.807, 2.05) is 0 Å². The van der Waals surface area contributed by atoms with Gasteiger partial charge in [-0.2, -0.15) is 0 Å². The Bertz CT molecular complexity index is 463. The molecule has 1 aromatic rings. The lowest BCUT2D eigenvalue weighted by atomic mass is 10.2. The van der Waals surface area contributed by atoms with Crippen molar-refractivity contribution in [1.29, 1.82) is 0 Å². The zero-order chi connectivity index (χ0) is 13.7. The smallest absolute Gasteiger partial charge is 0.334 e. The third-order valence-electron chi connectivity index (χ3n) is 2.29. The first kappa shape index (κ1) is 13.8. The average Bonchev–Trinajstić information content (AvgIpc) is 2.30. The number of nitro groups is 1. The van der Waals surface area contributed by atoms with Gasteiger partial charge in [-0.1, -0.05) is 0 Å². The molecule has 0 aliphatic carbocycles. The van der Waals surface area contributed by atoms with E-state index >= 15 is 0 Å². The zero-order valence-electron chi connectivity index (χ0n) is 9.91. The van der Waals surface area contributed by atoms with Crippen molar-refractivity contribution in [2.75, 3.05) is 19.0 Å². The first-order chi connectivity index (χ1) is 8.45. The van der Waals surface area contributed by atoms with E-state index < -0.39 is 17.0 Å². The predicted molar refractivity (Wildman–Crippen MR) is 62.6 cm³/mol. The fourth-order valence-corrected chi connectivity index (χ4v) is 1.31. The summed E-state index contributed by atoms with van der Waals surface area (Å²) in [5, 5.41) is 22.0. The fraction of sp³-hybridized carbons (Fsp3) is 0.400. The summed E-state index contributed by atoms with van der Waals surface area (Å²) in [4.78, 5) is 24.5. The van der Waals surface area contributed by atoms with Gasteiger partial charge < -0.3 is 15.2 Å². The highest BCUT2D eigenvalue weighted by Gasteiger charge is 2.17. The Kier molecular flexibility index (Phi) is 4.55. The summed E-state index contributed by atoms with van der Waals surface area (Å²) in [6, 6.07) is 1.36. The van der Waals surface area contributed by atoms with E-state index in [0.29, 0.717) is 11.4 Å². The molecule has 0 amide bonds. The number of hydrogen-bond donors (Lipinski definition) is 2. The van der Waals surface area contributed by atoms with Gasteiger partial charge in [0.25, 0.3) is 5.69 Å². The summed E-state index contributed by atoms with van der Waals surface area (Å²) in [6.07, 6.45) is 0.110. The molecule has 0 aliphatic rings. The van der Waals surface area contributed by atoms with Crippen LogP contribution in [0.3, 0.4) is 0 Å². The van der Waals surface area contributed by atoms with E-state index in [4.69, 9.17) is 9.84 Å². The van der Waals surface area contributed by atoms with Crippen LogP contribution in [0.4, 0.5) is 11.5 Å². The predicted octanol–water partition coefficient (Wildman–Crippen LogP) is 0.810. The quantitative estimate of drug-likeness (QED) is 0.570.